The highest BCUT2D eigenvalue weighted by molar-refractivity contribution is 5.84. The van der Waals surface area contributed by atoms with Gasteiger partial charge in [0.15, 0.2) is 0 Å². The maximum atomic E-state index is 4.16. The normalized spacial score (nSPS) is 19.0. The summed E-state index contributed by atoms with van der Waals surface area (Å²) in [5, 5.41) is 6.07. The number of nitrogens with one attached hydrogen (secondary N) is 2. The molecule has 1 rings (SSSR count). The van der Waals surface area contributed by atoms with E-state index in [1.54, 1.807) is 0 Å². The number of hydrazine groups is 2. The Hall–Kier alpha value is -0.770. The second kappa shape index (κ2) is 2.94. The first-order valence-electron chi connectivity index (χ1n) is 4.31. The van der Waals surface area contributed by atoms with E-state index in [1.165, 1.54) is 0 Å². The molecule has 1 aliphatic heterocycles. The van der Waals surface area contributed by atoms with E-state index in [0.29, 0.717) is 5.92 Å². The van der Waals surface area contributed by atoms with Gasteiger partial charge in [0.25, 0.3) is 0 Å². The van der Waals surface area contributed by atoms with Crippen LogP contribution in [0.4, 0.5) is 0 Å². The van der Waals surface area contributed by atoms with E-state index in [1.807, 2.05) is 5.12 Å². The zero-order chi connectivity index (χ0) is 9.35. The number of hydrazone groups is 1. The summed E-state index contributed by atoms with van der Waals surface area (Å²) in [6, 6.07) is 0. The van der Waals surface area contributed by atoms with Crippen molar-refractivity contribution in [3.05, 3.63) is 0 Å². The SMILES string of the molecule is CC(C)C1=NNN(C(C)(C)C)N1. The molecule has 0 spiro atoms. The average Bonchev–Trinajstić information content (AvgIpc) is 2.30. The Kier molecular flexibility index (Phi) is 2.28. The fourth-order valence-electron chi connectivity index (χ4n) is 0.844. The number of amidine groups is 1. The molecule has 4 nitrogen and oxygen atoms in total. The third kappa shape index (κ3) is 1.88. The second-order valence-corrected chi connectivity index (χ2v) is 4.37. The highest BCUT2D eigenvalue weighted by Crippen LogP contribution is 2.11. The van der Waals surface area contributed by atoms with Crippen molar-refractivity contribution in [3.8, 4) is 0 Å². The van der Waals surface area contributed by atoms with Crippen molar-refractivity contribution in [1.82, 2.24) is 16.1 Å². The molecule has 0 aromatic carbocycles. The van der Waals surface area contributed by atoms with Crippen molar-refractivity contribution in [2.75, 3.05) is 0 Å². The van der Waals surface area contributed by atoms with Crippen LogP contribution in [0.15, 0.2) is 5.10 Å². The molecular formula is C8H18N4. The minimum atomic E-state index is 0.0418. The lowest BCUT2D eigenvalue weighted by Crippen LogP contribution is -2.53. The summed E-state index contributed by atoms with van der Waals surface area (Å²) in [5.74, 6) is 1.43. The van der Waals surface area contributed by atoms with Gasteiger partial charge in [0.2, 0.25) is 0 Å². The largest absolute Gasteiger partial charge is 0.285 e. The molecule has 0 aliphatic carbocycles. The molecule has 12 heavy (non-hydrogen) atoms. The second-order valence-electron chi connectivity index (χ2n) is 4.37. The van der Waals surface area contributed by atoms with Gasteiger partial charge in [0.1, 0.15) is 5.84 Å². The molecule has 4 heteroatoms. The van der Waals surface area contributed by atoms with Gasteiger partial charge >= 0.3 is 0 Å². The van der Waals surface area contributed by atoms with Crippen LogP contribution in [0.25, 0.3) is 0 Å². The first kappa shape index (κ1) is 9.32. The van der Waals surface area contributed by atoms with Gasteiger partial charge in [0.05, 0.1) is 5.54 Å². The summed E-state index contributed by atoms with van der Waals surface area (Å²) in [7, 11) is 0. The summed E-state index contributed by atoms with van der Waals surface area (Å²) < 4.78 is 0. The lowest BCUT2D eigenvalue weighted by atomic mass is 10.1. The van der Waals surface area contributed by atoms with Crippen molar-refractivity contribution in [3.63, 3.8) is 0 Å². The summed E-state index contributed by atoms with van der Waals surface area (Å²) in [6.45, 7) is 10.6. The molecule has 0 aromatic rings. The molecule has 1 aliphatic rings. The molecule has 0 atom stereocenters. The molecule has 1 heterocycles. The minimum Gasteiger partial charge on any atom is -0.285 e. The Morgan fingerprint density at radius 3 is 2.17 bits per heavy atom. The molecular weight excluding hydrogens is 152 g/mol. The maximum absolute atomic E-state index is 4.16. The highest BCUT2D eigenvalue weighted by atomic mass is 15.9. The van der Waals surface area contributed by atoms with Crippen LogP contribution in [0.2, 0.25) is 0 Å². The molecule has 2 N–H and O–H groups in total. The van der Waals surface area contributed by atoms with Crippen LogP contribution in [-0.4, -0.2) is 16.5 Å². The Balaban J connectivity index is 2.53. The van der Waals surface area contributed by atoms with Gasteiger partial charge in [-0.25, -0.2) is 5.53 Å². The quantitative estimate of drug-likeness (QED) is 0.618. The monoisotopic (exact) mass is 170 g/mol. The van der Waals surface area contributed by atoms with Gasteiger partial charge in [-0.05, 0) is 20.8 Å². The minimum absolute atomic E-state index is 0.0418. The molecule has 0 saturated carbocycles. The van der Waals surface area contributed by atoms with E-state index in [0.717, 1.165) is 5.84 Å². The Bertz CT molecular complexity index is 190. The predicted molar refractivity (Wildman–Crippen MR) is 50.1 cm³/mol. The van der Waals surface area contributed by atoms with Crippen molar-refractivity contribution in [2.45, 2.75) is 40.2 Å². The fourth-order valence-corrected chi connectivity index (χ4v) is 0.844. The summed E-state index contributed by atoms with van der Waals surface area (Å²) in [6.07, 6.45) is 0. The lowest BCUT2D eigenvalue weighted by molar-refractivity contribution is 0.0597. The summed E-state index contributed by atoms with van der Waals surface area (Å²) in [5.41, 5.74) is 6.18. The standard InChI is InChI=1S/C8H18N4/c1-6(2)7-9-11-12(10-7)8(3,4)5/h6,11H,1-5H3,(H,9,10). The van der Waals surface area contributed by atoms with Crippen LogP contribution in [0.1, 0.15) is 34.6 Å². The summed E-state index contributed by atoms with van der Waals surface area (Å²) >= 11 is 0. The van der Waals surface area contributed by atoms with Gasteiger partial charge < -0.3 is 0 Å². The van der Waals surface area contributed by atoms with Crippen molar-refractivity contribution >= 4 is 5.84 Å². The van der Waals surface area contributed by atoms with Gasteiger partial charge in [-0.2, -0.15) is 0 Å². The lowest BCUT2D eigenvalue weighted by Gasteiger charge is -2.30. The average molecular weight is 170 g/mol. The molecule has 0 fully saturated rings. The number of rotatable bonds is 1. The topological polar surface area (TPSA) is 39.7 Å². The third-order valence-electron chi connectivity index (χ3n) is 1.71. The molecule has 0 aromatic heterocycles. The predicted octanol–water partition coefficient (Wildman–Crippen LogP) is 1.08. The van der Waals surface area contributed by atoms with Crippen LogP contribution < -0.4 is 11.0 Å². The molecule has 0 radical (unpaired) electrons. The zero-order valence-electron chi connectivity index (χ0n) is 8.47. The Morgan fingerprint density at radius 1 is 1.33 bits per heavy atom. The van der Waals surface area contributed by atoms with Gasteiger partial charge in [-0.15, -0.1) is 10.2 Å². The highest BCUT2D eigenvalue weighted by Gasteiger charge is 2.26. The first-order chi connectivity index (χ1) is 5.41. The van der Waals surface area contributed by atoms with Gasteiger partial charge in [0, 0.05) is 5.92 Å². The van der Waals surface area contributed by atoms with Gasteiger partial charge in [-0.3, -0.25) is 5.43 Å². The molecule has 0 saturated heterocycles. The van der Waals surface area contributed by atoms with Gasteiger partial charge in [-0.1, -0.05) is 13.8 Å². The van der Waals surface area contributed by atoms with E-state index in [-0.39, 0.29) is 5.54 Å². The van der Waals surface area contributed by atoms with E-state index in [4.69, 9.17) is 0 Å². The van der Waals surface area contributed by atoms with Crippen LogP contribution >= 0.6 is 0 Å². The van der Waals surface area contributed by atoms with E-state index < -0.39 is 0 Å². The maximum Gasteiger partial charge on any atom is 0.142 e. The first-order valence-corrected chi connectivity index (χ1v) is 4.31. The van der Waals surface area contributed by atoms with Crippen molar-refractivity contribution in [1.29, 1.82) is 0 Å². The number of hydrogen-bond donors (Lipinski definition) is 2. The van der Waals surface area contributed by atoms with E-state index in [2.05, 4.69) is 50.7 Å². The Labute approximate surface area is 74.0 Å². The van der Waals surface area contributed by atoms with Crippen LogP contribution in [0.3, 0.4) is 0 Å². The smallest absolute Gasteiger partial charge is 0.142 e. The van der Waals surface area contributed by atoms with Crippen LogP contribution in [0, 0.1) is 5.92 Å². The van der Waals surface area contributed by atoms with Crippen molar-refractivity contribution in [2.24, 2.45) is 11.0 Å². The van der Waals surface area contributed by atoms with Crippen molar-refractivity contribution < 1.29 is 0 Å². The number of hydrogen-bond acceptors (Lipinski definition) is 4. The zero-order valence-corrected chi connectivity index (χ0v) is 8.47. The van der Waals surface area contributed by atoms with Crippen LogP contribution in [-0.2, 0) is 0 Å². The molecule has 0 amide bonds. The molecule has 0 unspecified atom stereocenters. The van der Waals surface area contributed by atoms with E-state index in [9.17, 15) is 0 Å². The number of nitrogens with zero attached hydrogens (tertiary/aromatic N) is 2. The molecule has 0 bridgehead atoms. The summed E-state index contributed by atoms with van der Waals surface area (Å²) in [4.78, 5) is 0. The van der Waals surface area contributed by atoms with E-state index >= 15 is 0 Å². The van der Waals surface area contributed by atoms with Crippen LogP contribution in [0.5, 0.6) is 0 Å². The Morgan fingerprint density at radius 2 is 1.92 bits per heavy atom. The third-order valence-corrected chi connectivity index (χ3v) is 1.71. The molecule has 70 valence electrons. The fraction of sp³-hybridized carbons (Fsp3) is 0.875.